The van der Waals surface area contributed by atoms with Crippen LogP contribution in [0.3, 0.4) is 0 Å². The van der Waals surface area contributed by atoms with Gasteiger partial charge in [-0.2, -0.15) is 0 Å². The second kappa shape index (κ2) is 166. The maximum absolute atomic E-state index is 8.47. The molecule has 98 valence electrons. The van der Waals surface area contributed by atoms with Crippen LogP contribution in [0, 0.1) is 4.91 Å². The maximum atomic E-state index is 8.47. The molecule has 0 saturated carbocycles. The van der Waals surface area contributed by atoms with Gasteiger partial charge < -0.3 is 42.4 Å². The van der Waals surface area contributed by atoms with Crippen LogP contribution in [0.25, 0.3) is 12.3 Å². The number of nitrogens with zero attached hydrogens (tertiary/aromatic N) is 1. The predicted octanol–water partition coefficient (Wildman–Crippen LogP) is 0.796. The average molecular weight is 300 g/mol. The van der Waals surface area contributed by atoms with Gasteiger partial charge in [-0.3, -0.25) is 0 Å². The first-order chi connectivity index (χ1) is 1.73. The summed E-state index contributed by atoms with van der Waals surface area (Å²) in [6.45, 7) is 0. The van der Waals surface area contributed by atoms with Gasteiger partial charge in [-0.1, -0.05) is 0 Å². The summed E-state index contributed by atoms with van der Waals surface area (Å²) in [6, 6.07) is 0. The van der Waals surface area contributed by atoms with Crippen molar-refractivity contribution in [3.8, 4) is 0 Å². The van der Waals surface area contributed by atoms with Gasteiger partial charge in [-0.25, -0.2) is 10.4 Å². The van der Waals surface area contributed by atoms with Crippen molar-refractivity contribution in [3.05, 3.63) is 17.2 Å². The van der Waals surface area contributed by atoms with E-state index < -0.39 is 5.09 Å². The van der Waals surface area contributed by atoms with E-state index in [-0.39, 0.29) is 75.9 Å². The van der Waals surface area contributed by atoms with Crippen molar-refractivity contribution in [1.82, 2.24) is 24.6 Å². The van der Waals surface area contributed by atoms with Gasteiger partial charge >= 0.3 is 5.09 Å². The van der Waals surface area contributed by atoms with Gasteiger partial charge in [0.15, 0.2) is 0 Å². The Morgan fingerprint density at radius 1 is 0.769 bits per heavy atom. The van der Waals surface area contributed by atoms with Gasteiger partial charge in [0.25, 0.3) is 0 Å². The normalized spacial score (nSPS) is 1.85. The van der Waals surface area contributed by atoms with E-state index in [0.29, 0.717) is 0 Å². The molecule has 11 nitrogen and oxygen atoms in total. The molecule has 0 aromatic carbocycles. The quantitative estimate of drug-likeness (QED) is 0.348. The molecule has 0 bridgehead atoms. The summed E-state index contributed by atoms with van der Waals surface area (Å²) in [5.41, 5.74) is 0. The summed E-state index contributed by atoms with van der Waals surface area (Å²) >= 11 is 0. The van der Waals surface area contributed by atoms with Crippen LogP contribution in [0.4, 0.5) is 0 Å². The number of nitrogens with two attached hydrogens (primary N) is 2. The van der Waals surface area contributed by atoms with Crippen molar-refractivity contribution in [1.29, 1.82) is 0 Å². The summed E-state index contributed by atoms with van der Waals surface area (Å²) in [6.07, 6.45) is 0. The van der Waals surface area contributed by atoms with Gasteiger partial charge in [-0.05, 0) is 0 Å². The molecule has 0 aliphatic rings. The van der Waals surface area contributed by atoms with Crippen molar-refractivity contribution in [2.75, 3.05) is 0 Å². The van der Waals surface area contributed by atoms with Gasteiger partial charge in [0.1, 0.15) is 4.91 Å². The van der Waals surface area contributed by atoms with Crippen LogP contribution in [0.2, 0.25) is 0 Å². The van der Waals surface area contributed by atoms with Gasteiger partial charge in [0.05, 0.1) is 0 Å². The molecule has 0 atom stereocenters. The molecule has 0 aromatic heterocycles. The minimum atomic E-state index is -1.25. The molecule has 0 aliphatic heterocycles. The fourth-order valence-electron chi connectivity index (χ4n) is 0. The smallest absolute Gasteiger partial charge is 0.472 e. The Morgan fingerprint density at radius 3 is 0.769 bits per heavy atom. The first kappa shape index (κ1) is 214. The van der Waals surface area contributed by atoms with Crippen LogP contribution in [-0.4, -0.2) is 21.0 Å². The molecule has 0 saturated heterocycles. The summed E-state index contributed by atoms with van der Waals surface area (Å²) in [4.78, 5) is 8.47. The summed E-state index contributed by atoms with van der Waals surface area (Å²) in [7, 11) is 0. The van der Waals surface area contributed by atoms with Crippen LogP contribution in [0.15, 0.2) is 0 Å². The SMILES string of the molecule is N.N.N.N.O.O=[N+](O)O.[Co].[Co].[NH2-].[NH2-]. The topological polar surface area (TPSA) is 299 Å². The van der Waals surface area contributed by atoms with E-state index in [1.807, 2.05) is 0 Å². The first-order valence-electron chi connectivity index (χ1n) is 0.583. The van der Waals surface area contributed by atoms with Crippen LogP contribution in [-0.2, 0) is 33.6 Å². The molecule has 2 radical (unpaired) electrons. The Labute approximate surface area is 96.7 Å². The molecule has 20 N–H and O–H groups in total. The van der Waals surface area contributed by atoms with Crippen LogP contribution in [0.5, 0.6) is 0 Å². The van der Waals surface area contributed by atoms with Crippen molar-refractivity contribution in [2.24, 2.45) is 0 Å². The molecule has 0 rings (SSSR count). The molecule has 0 spiro atoms. The average Bonchev–Trinajstić information content (AvgIpc) is 0.811. The summed E-state index contributed by atoms with van der Waals surface area (Å²) < 4.78 is 0. The van der Waals surface area contributed by atoms with Crippen LogP contribution in [0.1, 0.15) is 0 Å². The van der Waals surface area contributed by atoms with E-state index in [1.54, 1.807) is 0 Å². The van der Waals surface area contributed by atoms with Crippen LogP contribution < -0.4 is 24.6 Å². The van der Waals surface area contributed by atoms with Crippen molar-refractivity contribution >= 4 is 0 Å². The van der Waals surface area contributed by atoms with E-state index in [1.165, 1.54) is 0 Å². The van der Waals surface area contributed by atoms with E-state index in [4.69, 9.17) is 15.3 Å². The molecule has 0 amide bonds. The molecule has 0 aromatic rings. The monoisotopic (exact) mass is 300 g/mol. The fraction of sp³-hybridized carbons (Fsp3) is 0. The minimum absolute atomic E-state index is 0. The van der Waals surface area contributed by atoms with E-state index in [2.05, 4.69) is 0 Å². The van der Waals surface area contributed by atoms with E-state index >= 15 is 0 Å². The van der Waals surface area contributed by atoms with Crippen molar-refractivity contribution < 1.29 is 54.5 Å². The van der Waals surface area contributed by atoms with Gasteiger partial charge in [0.2, 0.25) is 0 Å². The van der Waals surface area contributed by atoms with Crippen molar-refractivity contribution in [3.63, 3.8) is 0 Å². The molecular formula is H20Co2N7O4-. The molecule has 0 unspecified atom stereocenters. The number of rotatable bonds is 0. The molecule has 13 heavy (non-hydrogen) atoms. The van der Waals surface area contributed by atoms with Gasteiger partial charge in [0, 0.05) is 33.6 Å². The minimum Gasteiger partial charge on any atom is -0.693 e. The summed E-state index contributed by atoms with van der Waals surface area (Å²) in [5, 5.41) is 12.5. The van der Waals surface area contributed by atoms with E-state index in [0.717, 1.165) is 0 Å². The van der Waals surface area contributed by atoms with Crippen molar-refractivity contribution in [2.45, 2.75) is 0 Å². The first-order valence-corrected chi connectivity index (χ1v) is 0.583. The summed E-state index contributed by atoms with van der Waals surface area (Å²) in [5.74, 6) is 0. The molecule has 13 heteroatoms. The number of hydrogen-bond acceptors (Lipinski definition) is 5. The Morgan fingerprint density at radius 2 is 0.769 bits per heavy atom. The number of hydrogen-bond donors (Lipinski definition) is 6. The second-order valence-electron chi connectivity index (χ2n) is 0.253. The zero-order valence-corrected chi connectivity index (χ0v) is 8.98. The molecular weight excluding hydrogens is 280 g/mol. The third-order valence-corrected chi connectivity index (χ3v) is 0. The predicted molar refractivity (Wildman–Crippen MR) is 41.5 cm³/mol. The Kier molecular flexibility index (Phi) is 2730. The van der Waals surface area contributed by atoms with Crippen LogP contribution >= 0.6 is 0 Å². The largest absolute Gasteiger partial charge is 0.693 e. The Bertz CT molecular complexity index is 41.5. The third-order valence-electron chi connectivity index (χ3n) is 0. The maximum Gasteiger partial charge on any atom is 0.472 e. The molecule has 0 heterocycles. The fourth-order valence-corrected chi connectivity index (χ4v) is 0. The third kappa shape index (κ3) is 262000. The molecule has 0 fully saturated rings. The van der Waals surface area contributed by atoms with E-state index in [9.17, 15) is 0 Å². The molecule has 0 aliphatic carbocycles. The second-order valence-corrected chi connectivity index (χ2v) is 0.253. The zero-order valence-electron chi connectivity index (χ0n) is 6.90. The van der Waals surface area contributed by atoms with Gasteiger partial charge in [-0.15, -0.1) is 0 Å². The standard InChI is InChI=1S/2Co.H2NO3.4H3N.2H2N.H2O/c;;2-1(3)4;;;;;;;/h;;(H2,2,3,4);4*1H3;3*1H2/q;;+1;;;;;2*-1;. The zero-order chi connectivity index (χ0) is 3.58. The Hall–Kier alpha value is -0.0670. The Balaban J connectivity index is -0.00000000125.